The normalized spacial score (nSPS) is 12.7. The van der Waals surface area contributed by atoms with Crippen LogP contribution in [0.4, 0.5) is 17.6 Å². The Labute approximate surface area is 115 Å². The molecule has 0 aliphatic carbocycles. The smallest absolute Gasteiger partial charge is 0.406 e. The average molecular weight is 302 g/mol. The first-order chi connectivity index (χ1) is 8.33. The third kappa shape index (κ3) is 6.11. The van der Waals surface area contributed by atoms with E-state index in [0.717, 1.165) is 31.0 Å². The van der Waals surface area contributed by atoms with Crippen molar-refractivity contribution in [1.29, 1.82) is 0 Å². The lowest BCUT2D eigenvalue weighted by Crippen LogP contribution is -2.18. The second-order valence-electron chi connectivity index (χ2n) is 3.98. The van der Waals surface area contributed by atoms with E-state index in [1.54, 1.807) is 0 Å². The molecule has 2 N–H and O–H groups in total. The number of unbranched alkanes of at least 4 members (excludes halogenated alkanes) is 1. The molecule has 1 aromatic carbocycles. The lowest BCUT2D eigenvalue weighted by atomic mass is 10.0. The van der Waals surface area contributed by atoms with Crippen LogP contribution in [0.2, 0.25) is 0 Å². The predicted molar refractivity (Wildman–Crippen MR) is 66.8 cm³/mol. The highest BCUT2D eigenvalue weighted by atomic mass is 35.5. The maximum absolute atomic E-state index is 13.5. The molecular weight excluding hydrogens is 286 g/mol. The average Bonchev–Trinajstić information content (AvgIpc) is 2.26. The largest absolute Gasteiger partial charge is 0.573 e. The summed E-state index contributed by atoms with van der Waals surface area (Å²) in [5.74, 6) is -1.07. The summed E-state index contributed by atoms with van der Waals surface area (Å²) in [7, 11) is 0. The van der Waals surface area contributed by atoms with Gasteiger partial charge < -0.3 is 10.5 Å². The van der Waals surface area contributed by atoms with Gasteiger partial charge in [0.05, 0.1) is 0 Å². The van der Waals surface area contributed by atoms with E-state index in [1.165, 1.54) is 0 Å². The molecule has 0 aliphatic heterocycles. The summed E-state index contributed by atoms with van der Waals surface area (Å²) in [6.45, 7) is 1.95. The lowest BCUT2D eigenvalue weighted by molar-refractivity contribution is -0.274. The van der Waals surface area contributed by atoms with E-state index in [4.69, 9.17) is 5.73 Å². The van der Waals surface area contributed by atoms with E-state index >= 15 is 0 Å². The number of hydrogen-bond donors (Lipinski definition) is 1. The number of alkyl halides is 3. The Morgan fingerprint density at radius 1 is 1.32 bits per heavy atom. The van der Waals surface area contributed by atoms with Crippen LogP contribution < -0.4 is 10.5 Å². The van der Waals surface area contributed by atoms with Crippen LogP contribution in [0.5, 0.6) is 5.75 Å². The van der Waals surface area contributed by atoms with E-state index in [-0.39, 0.29) is 18.0 Å². The van der Waals surface area contributed by atoms with Crippen LogP contribution in [0.1, 0.15) is 37.8 Å². The van der Waals surface area contributed by atoms with Crippen molar-refractivity contribution in [3.8, 4) is 5.75 Å². The summed E-state index contributed by atoms with van der Waals surface area (Å²) in [6.07, 6.45) is -2.61. The molecule has 2 nitrogen and oxygen atoms in total. The second kappa shape index (κ2) is 7.55. The predicted octanol–water partition coefficient (Wildman–Crippen LogP) is 4.34. The molecule has 0 heterocycles. The van der Waals surface area contributed by atoms with E-state index in [9.17, 15) is 17.6 Å². The number of halogens is 5. The van der Waals surface area contributed by atoms with Gasteiger partial charge in [-0.1, -0.05) is 19.8 Å². The minimum absolute atomic E-state index is 0. The molecule has 0 radical (unpaired) electrons. The van der Waals surface area contributed by atoms with Gasteiger partial charge in [-0.2, -0.15) is 0 Å². The summed E-state index contributed by atoms with van der Waals surface area (Å²) < 4.78 is 53.3. The lowest BCUT2D eigenvalue weighted by Gasteiger charge is -2.15. The molecule has 0 saturated heterocycles. The van der Waals surface area contributed by atoms with Gasteiger partial charge in [0.1, 0.15) is 11.6 Å². The maximum Gasteiger partial charge on any atom is 0.573 e. The molecule has 19 heavy (non-hydrogen) atoms. The molecule has 0 amide bonds. The Morgan fingerprint density at radius 2 is 1.95 bits per heavy atom. The van der Waals surface area contributed by atoms with Crippen LogP contribution in [0.25, 0.3) is 0 Å². The van der Waals surface area contributed by atoms with Crippen LogP contribution in [-0.2, 0) is 0 Å². The molecule has 0 unspecified atom stereocenters. The monoisotopic (exact) mass is 301 g/mol. The summed E-state index contributed by atoms with van der Waals surface area (Å²) in [4.78, 5) is 0. The number of ether oxygens (including phenoxy) is 1. The number of benzene rings is 1. The standard InChI is InChI=1S/C12H15F4NO.ClH/c1-2-3-4-11(17)9-7-8(5-6-10(9)13)18-12(14,15)16;/h5-7,11H,2-4,17H2,1H3;1H/t11-;/m1./s1. The third-order valence-electron chi connectivity index (χ3n) is 2.47. The summed E-state index contributed by atoms with van der Waals surface area (Å²) >= 11 is 0. The van der Waals surface area contributed by atoms with E-state index in [1.807, 2.05) is 6.92 Å². The Bertz CT molecular complexity index is 398. The van der Waals surface area contributed by atoms with E-state index in [2.05, 4.69) is 4.74 Å². The van der Waals surface area contributed by atoms with Gasteiger partial charge in [0.25, 0.3) is 0 Å². The molecule has 7 heteroatoms. The van der Waals surface area contributed by atoms with E-state index in [0.29, 0.717) is 6.42 Å². The summed E-state index contributed by atoms with van der Waals surface area (Å²) in [6, 6.07) is 2.24. The van der Waals surface area contributed by atoms with Crippen molar-refractivity contribution in [2.75, 3.05) is 0 Å². The zero-order valence-electron chi connectivity index (χ0n) is 10.3. The molecule has 0 bridgehead atoms. The Kier molecular flexibility index (Phi) is 7.15. The Balaban J connectivity index is 0.00000324. The maximum atomic E-state index is 13.5. The fourth-order valence-corrected chi connectivity index (χ4v) is 1.58. The van der Waals surface area contributed by atoms with Crippen molar-refractivity contribution in [2.45, 2.75) is 38.6 Å². The van der Waals surface area contributed by atoms with Crippen molar-refractivity contribution in [2.24, 2.45) is 5.73 Å². The fraction of sp³-hybridized carbons (Fsp3) is 0.500. The topological polar surface area (TPSA) is 35.2 Å². The number of nitrogens with two attached hydrogens (primary N) is 1. The highest BCUT2D eigenvalue weighted by Gasteiger charge is 2.31. The Morgan fingerprint density at radius 3 is 2.47 bits per heavy atom. The van der Waals surface area contributed by atoms with Crippen molar-refractivity contribution in [3.05, 3.63) is 29.6 Å². The van der Waals surface area contributed by atoms with E-state index < -0.39 is 24.0 Å². The van der Waals surface area contributed by atoms with Gasteiger partial charge in [0.15, 0.2) is 0 Å². The highest BCUT2D eigenvalue weighted by molar-refractivity contribution is 5.85. The number of hydrogen-bond acceptors (Lipinski definition) is 2. The zero-order chi connectivity index (χ0) is 13.8. The molecule has 1 rings (SSSR count). The SMILES string of the molecule is CCCC[C@@H](N)c1cc(OC(F)(F)F)ccc1F.Cl. The molecular formula is C12H16ClF4NO. The van der Waals surface area contributed by atoms with Crippen LogP contribution in [0.15, 0.2) is 18.2 Å². The van der Waals surface area contributed by atoms with Crippen molar-refractivity contribution in [1.82, 2.24) is 0 Å². The van der Waals surface area contributed by atoms with Crippen LogP contribution in [0, 0.1) is 5.82 Å². The minimum Gasteiger partial charge on any atom is -0.406 e. The van der Waals surface area contributed by atoms with Crippen LogP contribution in [0.3, 0.4) is 0 Å². The van der Waals surface area contributed by atoms with Gasteiger partial charge in [-0.25, -0.2) is 4.39 Å². The first-order valence-corrected chi connectivity index (χ1v) is 5.64. The molecule has 1 aromatic rings. The number of rotatable bonds is 5. The van der Waals surface area contributed by atoms with Gasteiger partial charge in [-0.05, 0) is 24.6 Å². The fourth-order valence-electron chi connectivity index (χ4n) is 1.58. The van der Waals surface area contributed by atoms with Gasteiger partial charge in [-0.3, -0.25) is 0 Å². The molecule has 0 spiro atoms. The zero-order valence-corrected chi connectivity index (χ0v) is 11.2. The first-order valence-electron chi connectivity index (χ1n) is 5.64. The molecule has 0 aliphatic rings. The minimum atomic E-state index is -4.79. The first kappa shape index (κ1) is 18.0. The van der Waals surface area contributed by atoms with Crippen molar-refractivity contribution in [3.63, 3.8) is 0 Å². The molecule has 110 valence electrons. The molecule has 0 aromatic heterocycles. The summed E-state index contributed by atoms with van der Waals surface area (Å²) in [5, 5.41) is 0. The molecule has 1 atom stereocenters. The van der Waals surface area contributed by atoms with Gasteiger partial charge in [-0.15, -0.1) is 25.6 Å². The van der Waals surface area contributed by atoms with Crippen molar-refractivity contribution >= 4 is 12.4 Å². The molecule has 0 fully saturated rings. The van der Waals surface area contributed by atoms with Crippen LogP contribution >= 0.6 is 12.4 Å². The third-order valence-corrected chi connectivity index (χ3v) is 2.47. The highest BCUT2D eigenvalue weighted by Crippen LogP contribution is 2.28. The summed E-state index contributed by atoms with van der Waals surface area (Å²) in [5.41, 5.74) is 5.78. The van der Waals surface area contributed by atoms with Crippen LogP contribution in [-0.4, -0.2) is 6.36 Å². The van der Waals surface area contributed by atoms with Gasteiger partial charge >= 0.3 is 6.36 Å². The van der Waals surface area contributed by atoms with Crippen molar-refractivity contribution < 1.29 is 22.3 Å². The van der Waals surface area contributed by atoms with Gasteiger partial charge in [0.2, 0.25) is 0 Å². The molecule has 0 saturated carbocycles. The second-order valence-corrected chi connectivity index (χ2v) is 3.98. The Hall–Kier alpha value is -1.01. The quantitative estimate of drug-likeness (QED) is 0.821. The van der Waals surface area contributed by atoms with Gasteiger partial charge in [0, 0.05) is 11.6 Å².